The highest BCUT2D eigenvalue weighted by Gasteiger charge is 2.17. The third kappa shape index (κ3) is 5.71. The number of hydrogen-bond donors (Lipinski definition) is 2. The van der Waals surface area contributed by atoms with Crippen molar-refractivity contribution in [2.45, 2.75) is 45.2 Å². The van der Waals surface area contributed by atoms with E-state index in [4.69, 9.17) is 0 Å². The normalized spacial score (nSPS) is 19.2. The van der Waals surface area contributed by atoms with Crippen molar-refractivity contribution in [1.29, 1.82) is 0 Å². The van der Waals surface area contributed by atoms with Crippen LogP contribution < -0.4 is 10.6 Å². The predicted octanol–water partition coefficient (Wildman–Crippen LogP) is 2.15. The molecular formula is C16H26N4O. The molecule has 5 heteroatoms. The van der Waals surface area contributed by atoms with Crippen LogP contribution in [0.15, 0.2) is 24.5 Å². The second-order valence-corrected chi connectivity index (χ2v) is 5.71. The molecule has 1 atom stereocenters. The molecule has 116 valence electrons. The molecule has 2 heterocycles. The van der Waals surface area contributed by atoms with E-state index < -0.39 is 0 Å². The first kappa shape index (κ1) is 15.8. The number of nitrogens with zero attached hydrogens (tertiary/aromatic N) is 2. The summed E-state index contributed by atoms with van der Waals surface area (Å²) in [7, 11) is 0. The van der Waals surface area contributed by atoms with Crippen molar-refractivity contribution >= 4 is 6.03 Å². The number of carbonyl (C=O) groups excluding carboxylic acids is 1. The van der Waals surface area contributed by atoms with Crippen molar-refractivity contribution in [2.24, 2.45) is 0 Å². The highest BCUT2D eigenvalue weighted by Crippen LogP contribution is 2.15. The Bertz CT molecular complexity index is 424. The van der Waals surface area contributed by atoms with Gasteiger partial charge in [0.05, 0.1) is 0 Å². The van der Waals surface area contributed by atoms with Crippen LogP contribution in [-0.2, 0) is 6.54 Å². The lowest BCUT2D eigenvalue weighted by Crippen LogP contribution is -2.40. The molecule has 0 radical (unpaired) electrons. The van der Waals surface area contributed by atoms with Crippen LogP contribution in [0.3, 0.4) is 0 Å². The Morgan fingerprint density at radius 1 is 1.43 bits per heavy atom. The number of rotatable bonds is 6. The van der Waals surface area contributed by atoms with E-state index in [0.717, 1.165) is 25.1 Å². The van der Waals surface area contributed by atoms with Crippen LogP contribution in [0.1, 0.15) is 38.2 Å². The number of piperidine rings is 1. The van der Waals surface area contributed by atoms with Gasteiger partial charge in [0.1, 0.15) is 0 Å². The minimum Gasteiger partial charge on any atom is -0.338 e. The molecule has 1 aromatic heterocycles. The number of pyridine rings is 1. The summed E-state index contributed by atoms with van der Waals surface area (Å²) < 4.78 is 0. The maximum Gasteiger partial charge on any atom is 0.315 e. The fourth-order valence-electron chi connectivity index (χ4n) is 2.72. The van der Waals surface area contributed by atoms with Gasteiger partial charge in [0.2, 0.25) is 0 Å². The van der Waals surface area contributed by atoms with Crippen LogP contribution >= 0.6 is 0 Å². The van der Waals surface area contributed by atoms with Crippen molar-refractivity contribution in [1.82, 2.24) is 20.5 Å². The molecule has 0 aromatic carbocycles. The molecule has 1 fully saturated rings. The SMILES string of the molecule is CC1CCCCN1CCCNC(=O)NCc1cccnc1. The molecule has 1 aliphatic heterocycles. The van der Waals surface area contributed by atoms with Gasteiger partial charge in [-0.15, -0.1) is 0 Å². The van der Waals surface area contributed by atoms with E-state index in [1.807, 2.05) is 12.1 Å². The zero-order valence-corrected chi connectivity index (χ0v) is 12.8. The molecule has 0 bridgehead atoms. The number of urea groups is 1. The van der Waals surface area contributed by atoms with Gasteiger partial charge in [-0.25, -0.2) is 4.79 Å². The molecular weight excluding hydrogens is 264 g/mol. The zero-order valence-electron chi connectivity index (χ0n) is 12.8. The monoisotopic (exact) mass is 290 g/mol. The Morgan fingerprint density at radius 2 is 2.33 bits per heavy atom. The lowest BCUT2D eigenvalue weighted by molar-refractivity contribution is 0.159. The van der Waals surface area contributed by atoms with Crippen molar-refractivity contribution < 1.29 is 4.79 Å². The summed E-state index contributed by atoms with van der Waals surface area (Å²) in [6, 6.07) is 4.41. The quantitative estimate of drug-likeness (QED) is 0.789. The van der Waals surface area contributed by atoms with E-state index in [1.54, 1.807) is 12.4 Å². The Kier molecular flexibility index (Phi) is 6.47. The van der Waals surface area contributed by atoms with Crippen LogP contribution in [0.2, 0.25) is 0 Å². The van der Waals surface area contributed by atoms with E-state index >= 15 is 0 Å². The second-order valence-electron chi connectivity index (χ2n) is 5.71. The molecule has 5 nitrogen and oxygen atoms in total. The van der Waals surface area contributed by atoms with Gasteiger partial charge in [-0.3, -0.25) is 4.98 Å². The highest BCUT2D eigenvalue weighted by molar-refractivity contribution is 5.73. The molecule has 1 aliphatic rings. The first-order valence-electron chi connectivity index (χ1n) is 7.90. The molecule has 21 heavy (non-hydrogen) atoms. The minimum absolute atomic E-state index is 0.106. The van der Waals surface area contributed by atoms with Crippen LogP contribution in [0.25, 0.3) is 0 Å². The van der Waals surface area contributed by atoms with E-state index in [1.165, 1.54) is 25.8 Å². The number of likely N-dealkylation sites (tertiary alicyclic amines) is 1. The lowest BCUT2D eigenvalue weighted by atomic mass is 10.0. The standard InChI is InChI=1S/C16H26N4O/c1-14-6-2-3-10-20(14)11-5-9-18-16(21)19-13-15-7-4-8-17-12-15/h4,7-8,12,14H,2-3,5-6,9-11,13H2,1H3,(H2,18,19,21). The Morgan fingerprint density at radius 3 is 3.10 bits per heavy atom. The third-order valence-corrected chi connectivity index (χ3v) is 4.02. The van der Waals surface area contributed by atoms with Crippen molar-refractivity contribution in [3.8, 4) is 0 Å². The molecule has 0 spiro atoms. The van der Waals surface area contributed by atoms with Crippen molar-refractivity contribution in [2.75, 3.05) is 19.6 Å². The Hall–Kier alpha value is -1.62. The van der Waals surface area contributed by atoms with Gasteiger partial charge in [-0.1, -0.05) is 12.5 Å². The van der Waals surface area contributed by atoms with Gasteiger partial charge in [-0.2, -0.15) is 0 Å². The molecule has 1 aromatic rings. The van der Waals surface area contributed by atoms with Crippen LogP contribution in [0, 0.1) is 0 Å². The van der Waals surface area contributed by atoms with Gasteiger partial charge >= 0.3 is 6.03 Å². The van der Waals surface area contributed by atoms with E-state index in [0.29, 0.717) is 12.6 Å². The summed E-state index contributed by atoms with van der Waals surface area (Å²) in [4.78, 5) is 18.2. The summed E-state index contributed by atoms with van der Waals surface area (Å²) in [6.45, 7) is 5.82. The number of nitrogens with one attached hydrogen (secondary N) is 2. The maximum atomic E-state index is 11.7. The predicted molar refractivity (Wildman–Crippen MR) is 84.0 cm³/mol. The smallest absolute Gasteiger partial charge is 0.315 e. The van der Waals surface area contributed by atoms with Gasteiger partial charge in [-0.05, 0) is 44.4 Å². The van der Waals surface area contributed by atoms with Gasteiger partial charge in [0.25, 0.3) is 0 Å². The number of carbonyl (C=O) groups is 1. The Labute approximate surface area is 127 Å². The Balaban J connectivity index is 1.55. The fourth-order valence-corrected chi connectivity index (χ4v) is 2.72. The molecule has 2 N–H and O–H groups in total. The van der Waals surface area contributed by atoms with Crippen LogP contribution in [0.4, 0.5) is 4.79 Å². The van der Waals surface area contributed by atoms with Crippen LogP contribution in [-0.4, -0.2) is 41.6 Å². The first-order valence-corrected chi connectivity index (χ1v) is 7.90. The zero-order chi connectivity index (χ0) is 14.9. The minimum atomic E-state index is -0.106. The van der Waals surface area contributed by atoms with E-state index in [2.05, 4.69) is 27.4 Å². The van der Waals surface area contributed by atoms with Gasteiger partial charge < -0.3 is 15.5 Å². The summed E-state index contributed by atoms with van der Waals surface area (Å²) in [5.41, 5.74) is 1.01. The highest BCUT2D eigenvalue weighted by atomic mass is 16.2. The fraction of sp³-hybridized carbons (Fsp3) is 0.625. The largest absolute Gasteiger partial charge is 0.338 e. The average Bonchev–Trinajstić information content (AvgIpc) is 2.52. The van der Waals surface area contributed by atoms with Crippen molar-refractivity contribution in [3.63, 3.8) is 0 Å². The molecule has 0 aliphatic carbocycles. The summed E-state index contributed by atoms with van der Waals surface area (Å²) in [5, 5.41) is 5.75. The van der Waals surface area contributed by atoms with Gasteiger partial charge in [0, 0.05) is 38.1 Å². The van der Waals surface area contributed by atoms with Gasteiger partial charge in [0.15, 0.2) is 0 Å². The number of aromatic nitrogens is 1. The number of amides is 2. The average molecular weight is 290 g/mol. The van der Waals surface area contributed by atoms with E-state index in [9.17, 15) is 4.79 Å². The van der Waals surface area contributed by atoms with Crippen LogP contribution in [0.5, 0.6) is 0 Å². The molecule has 0 saturated carbocycles. The summed E-state index contributed by atoms with van der Waals surface area (Å²) >= 11 is 0. The van der Waals surface area contributed by atoms with E-state index in [-0.39, 0.29) is 6.03 Å². The molecule has 2 rings (SSSR count). The number of hydrogen-bond acceptors (Lipinski definition) is 3. The third-order valence-electron chi connectivity index (χ3n) is 4.02. The summed E-state index contributed by atoms with van der Waals surface area (Å²) in [5.74, 6) is 0. The molecule has 1 unspecified atom stereocenters. The topological polar surface area (TPSA) is 57.3 Å². The maximum absolute atomic E-state index is 11.7. The molecule has 1 saturated heterocycles. The molecule has 2 amide bonds. The summed E-state index contributed by atoms with van der Waals surface area (Å²) in [6.07, 6.45) is 8.46. The van der Waals surface area contributed by atoms with Crippen molar-refractivity contribution in [3.05, 3.63) is 30.1 Å². The second kappa shape index (κ2) is 8.62. The lowest BCUT2D eigenvalue weighted by Gasteiger charge is -2.33. The first-order chi connectivity index (χ1) is 10.3.